The maximum absolute atomic E-state index is 12.8. The van der Waals surface area contributed by atoms with Crippen LogP contribution in [-0.4, -0.2) is 46.6 Å². The van der Waals surface area contributed by atoms with Gasteiger partial charge in [0.1, 0.15) is 0 Å². The molecule has 0 aliphatic heterocycles. The Morgan fingerprint density at radius 1 is 0.829 bits per heavy atom. The molecule has 0 saturated carbocycles. The van der Waals surface area contributed by atoms with Gasteiger partial charge in [0.25, 0.3) is 0 Å². The van der Waals surface area contributed by atoms with Gasteiger partial charge < -0.3 is 33.5 Å². The number of carbonyl (C=O) groups is 1. The van der Waals surface area contributed by atoms with Gasteiger partial charge in [-0.25, -0.2) is 0 Å². The quantitative estimate of drug-likeness (QED) is 0.438. The van der Waals surface area contributed by atoms with E-state index < -0.39 is 12.1 Å². The fraction of sp³-hybridized carbons (Fsp3) is 0.519. The number of esters is 1. The number of hydrogen-bond acceptors (Lipinski definition) is 8. The molecule has 8 heteroatoms. The van der Waals surface area contributed by atoms with Crippen molar-refractivity contribution < 1.29 is 38.3 Å². The number of aliphatic hydroxyl groups is 1. The summed E-state index contributed by atoms with van der Waals surface area (Å²) in [5.41, 5.74) is 2.59. The SMILES string of the molecule is COc1cc2c(c(OC(=O)C(C)C)c1OC)-c1c(cc(OC)c(OC)c1OC)[C@H](O)[C@H](C)[C@@H](C)C2. The summed E-state index contributed by atoms with van der Waals surface area (Å²) >= 11 is 0. The summed E-state index contributed by atoms with van der Waals surface area (Å²) in [7, 11) is 7.61. The lowest BCUT2D eigenvalue weighted by atomic mass is 9.76. The number of carbonyl (C=O) groups excluding carboxylic acids is 1. The van der Waals surface area contributed by atoms with Crippen molar-refractivity contribution >= 4 is 5.97 Å². The number of ether oxygens (including phenoxy) is 6. The first kappa shape index (κ1) is 26.5. The van der Waals surface area contributed by atoms with Crippen LogP contribution in [0.4, 0.5) is 0 Å². The lowest BCUT2D eigenvalue weighted by Gasteiger charge is -2.33. The number of fused-ring (bicyclic) bond motifs is 3. The Balaban J connectivity index is 2.57. The molecule has 1 aliphatic rings. The summed E-state index contributed by atoms with van der Waals surface area (Å²) in [4.78, 5) is 12.8. The Hall–Kier alpha value is -3.13. The van der Waals surface area contributed by atoms with E-state index >= 15 is 0 Å². The highest BCUT2D eigenvalue weighted by Crippen LogP contribution is 2.57. The van der Waals surface area contributed by atoms with Crippen molar-refractivity contribution in [1.29, 1.82) is 0 Å². The van der Waals surface area contributed by atoms with Crippen LogP contribution in [0.3, 0.4) is 0 Å². The van der Waals surface area contributed by atoms with Crippen LogP contribution in [0.5, 0.6) is 34.5 Å². The van der Waals surface area contributed by atoms with Crippen LogP contribution in [0.2, 0.25) is 0 Å². The van der Waals surface area contributed by atoms with Crippen LogP contribution in [0, 0.1) is 17.8 Å². The van der Waals surface area contributed by atoms with E-state index in [-0.39, 0.29) is 29.3 Å². The van der Waals surface area contributed by atoms with Gasteiger partial charge in [0.15, 0.2) is 23.0 Å². The van der Waals surface area contributed by atoms with Gasteiger partial charge in [-0.05, 0) is 41.5 Å². The highest BCUT2D eigenvalue weighted by Gasteiger charge is 2.37. The van der Waals surface area contributed by atoms with Crippen molar-refractivity contribution in [2.45, 2.75) is 40.2 Å². The predicted octanol–water partition coefficient (Wildman–Crippen LogP) is 4.82. The normalized spacial score (nSPS) is 19.1. The van der Waals surface area contributed by atoms with Crippen molar-refractivity contribution in [1.82, 2.24) is 0 Å². The Morgan fingerprint density at radius 3 is 1.89 bits per heavy atom. The van der Waals surface area contributed by atoms with E-state index in [0.29, 0.717) is 46.1 Å². The van der Waals surface area contributed by atoms with E-state index in [9.17, 15) is 9.90 Å². The molecule has 192 valence electrons. The Morgan fingerprint density at radius 2 is 1.37 bits per heavy atom. The maximum atomic E-state index is 12.8. The second-order valence-electron chi connectivity index (χ2n) is 9.15. The third-order valence-corrected chi connectivity index (χ3v) is 6.75. The van der Waals surface area contributed by atoms with Crippen LogP contribution in [-0.2, 0) is 11.2 Å². The second kappa shape index (κ2) is 10.6. The van der Waals surface area contributed by atoms with Crippen LogP contribution in [0.15, 0.2) is 12.1 Å². The maximum Gasteiger partial charge on any atom is 0.313 e. The molecule has 1 aliphatic carbocycles. The standard InChI is InChI=1S/C27H36O8/c1-13(2)27(29)35-26-20-16(11-18(30-5)24(26)33-8)10-14(3)15(4)22(28)17-12-19(31-6)23(32-7)25(34-9)21(17)20/h11-15,22,28H,10H2,1-9H3/t14-,15+,22+/m0/s1. The molecule has 3 atom stereocenters. The zero-order chi connectivity index (χ0) is 26.0. The number of methoxy groups -OCH3 is 5. The first-order chi connectivity index (χ1) is 16.6. The molecule has 0 heterocycles. The van der Waals surface area contributed by atoms with E-state index in [1.54, 1.807) is 27.0 Å². The van der Waals surface area contributed by atoms with E-state index in [4.69, 9.17) is 28.4 Å². The number of benzene rings is 2. The van der Waals surface area contributed by atoms with Crippen LogP contribution < -0.4 is 28.4 Å². The van der Waals surface area contributed by atoms with Gasteiger partial charge in [-0.3, -0.25) is 4.79 Å². The van der Waals surface area contributed by atoms with E-state index in [2.05, 4.69) is 6.92 Å². The summed E-state index contributed by atoms with van der Waals surface area (Å²) in [6.07, 6.45) is -0.250. The van der Waals surface area contributed by atoms with Crippen molar-refractivity contribution in [3.8, 4) is 45.6 Å². The molecular formula is C27H36O8. The molecule has 35 heavy (non-hydrogen) atoms. The Kier molecular flexibility index (Phi) is 8.05. The van der Waals surface area contributed by atoms with Crippen molar-refractivity contribution in [3.63, 3.8) is 0 Å². The minimum absolute atomic E-state index is 0.0859. The minimum Gasteiger partial charge on any atom is -0.493 e. The molecule has 8 nitrogen and oxygen atoms in total. The fourth-order valence-corrected chi connectivity index (χ4v) is 4.56. The number of rotatable bonds is 7. The summed E-state index contributed by atoms with van der Waals surface area (Å²) in [5.74, 6) is 1.25. The molecule has 0 spiro atoms. The molecule has 1 N–H and O–H groups in total. The second-order valence-corrected chi connectivity index (χ2v) is 9.15. The van der Waals surface area contributed by atoms with Crippen LogP contribution in [0.1, 0.15) is 44.9 Å². The van der Waals surface area contributed by atoms with Gasteiger partial charge in [0.05, 0.1) is 47.6 Å². The largest absolute Gasteiger partial charge is 0.493 e. The fourth-order valence-electron chi connectivity index (χ4n) is 4.56. The molecule has 3 rings (SSSR count). The molecule has 0 bridgehead atoms. The summed E-state index contributed by atoms with van der Waals surface area (Å²) in [6.45, 7) is 7.61. The van der Waals surface area contributed by atoms with E-state index in [1.807, 2.05) is 13.0 Å². The molecule has 2 aromatic carbocycles. The lowest BCUT2D eigenvalue weighted by Crippen LogP contribution is -2.23. The monoisotopic (exact) mass is 488 g/mol. The Labute approximate surface area is 207 Å². The average Bonchev–Trinajstić information content (AvgIpc) is 2.85. The molecule has 0 unspecified atom stereocenters. The molecule has 0 aromatic heterocycles. The smallest absolute Gasteiger partial charge is 0.313 e. The predicted molar refractivity (Wildman–Crippen MR) is 132 cm³/mol. The van der Waals surface area contributed by atoms with E-state index in [0.717, 1.165) is 5.56 Å². The highest BCUT2D eigenvalue weighted by molar-refractivity contribution is 5.91. The molecule has 0 radical (unpaired) electrons. The van der Waals surface area contributed by atoms with Crippen LogP contribution in [0.25, 0.3) is 11.1 Å². The Bertz CT molecular complexity index is 1090. The zero-order valence-corrected chi connectivity index (χ0v) is 22.0. The summed E-state index contributed by atoms with van der Waals surface area (Å²) < 4.78 is 34.4. The van der Waals surface area contributed by atoms with Crippen molar-refractivity contribution in [2.75, 3.05) is 35.5 Å². The molecule has 2 aromatic rings. The molecule has 0 saturated heterocycles. The lowest BCUT2D eigenvalue weighted by molar-refractivity contribution is -0.137. The van der Waals surface area contributed by atoms with Crippen LogP contribution >= 0.6 is 0 Å². The summed E-state index contributed by atoms with van der Waals surface area (Å²) in [5, 5.41) is 11.5. The van der Waals surface area contributed by atoms with Crippen molar-refractivity contribution in [2.24, 2.45) is 17.8 Å². The van der Waals surface area contributed by atoms with Gasteiger partial charge in [-0.1, -0.05) is 27.7 Å². The topological polar surface area (TPSA) is 92.7 Å². The first-order valence-corrected chi connectivity index (χ1v) is 11.7. The molecular weight excluding hydrogens is 452 g/mol. The average molecular weight is 489 g/mol. The van der Waals surface area contributed by atoms with E-state index in [1.165, 1.54) is 28.4 Å². The van der Waals surface area contributed by atoms with Gasteiger partial charge >= 0.3 is 5.97 Å². The first-order valence-electron chi connectivity index (χ1n) is 11.7. The van der Waals surface area contributed by atoms with Gasteiger partial charge in [-0.2, -0.15) is 0 Å². The molecule has 0 amide bonds. The summed E-state index contributed by atoms with van der Waals surface area (Å²) in [6, 6.07) is 3.64. The number of aliphatic hydroxyl groups excluding tert-OH is 1. The number of hydrogen-bond donors (Lipinski definition) is 1. The van der Waals surface area contributed by atoms with Crippen molar-refractivity contribution in [3.05, 3.63) is 23.3 Å². The zero-order valence-electron chi connectivity index (χ0n) is 22.0. The van der Waals surface area contributed by atoms with Gasteiger partial charge in [-0.15, -0.1) is 0 Å². The van der Waals surface area contributed by atoms with Gasteiger partial charge in [0, 0.05) is 11.1 Å². The molecule has 0 fully saturated rings. The minimum atomic E-state index is -0.844. The highest BCUT2D eigenvalue weighted by atomic mass is 16.6. The third kappa shape index (κ3) is 4.59. The third-order valence-electron chi connectivity index (χ3n) is 6.75. The van der Waals surface area contributed by atoms with Gasteiger partial charge in [0.2, 0.25) is 11.5 Å².